The molecule has 0 aliphatic rings. The van der Waals surface area contributed by atoms with Gasteiger partial charge in [0.15, 0.2) is 10.8 Å². The summed E-state index contributed by atoms with van der Waals surface area (Å²) in [5.74, 6) is -1.36. The van der Waals surface area contributed by atoms with Crippen LogP contribution >= 0.6 is 11.3 Å². The third kappa shape index (κ3) is 5.04. The number of carbonyl (C=O) groups excluding carboxylic acids is 3. The molecule has 0 aromatic carbocycles. The second kappa shape index (κ2) is 7.47. The van der Waals surface area contributed by atoms with Crippen LogP contribution < -0.4 is 5.32 Å². The normalized spacial score (nSPS) is 9.79. The van der Waals surface area contributed by atoms with Crippen molar-refractivity contribution < 1.29 is 23.9 Å². The van der Waals surface area contributed by atoms with Crippen molar-refractivity contribution in [1.82, 2.24) is 4.98 Å². The van der Waals surface area contributed by atoms with Gasteiger partial charge in [0.05, 0.1) is 20.1 Å². The number of thiazole rings is 1. The minimum atomic E-state index is -0.534. The summed E-state index contributed by atoms with van der Waals surface area (Å²) < 4.78 is 9.19. The summed E-state index contributed by atoms with van der Waals surface area (Å²) in [6.07, 6.45) is -0.000560. The number of ether oxygens (including phenoxy) is 2. The molecule has 8 heteroatoms. The average molecular weight is 286 g/mol. The van der Waals surface area contributed by atoms with Gasteiger partial charge in [0.2, 0.25) is 5.91 Å². The molecule has 0 aliphatic carbocycles. The lowest BCUT2D eigenvalue weighted by Gasteiger charge is -2.00. The van der Waals surface area contributed by atoms with Gasteiger partial charge in [0.1, 0.15) is 0 Å². The minimum absolute atomic E-state index is 0.000985. The van der Waals surface area contributed by atoms with Gasteiger partial charge in [-0.2, -0.15) is 0 Å². The predicted molar refractivity (Wildman–Crippen MR) is 68.0 cm³/mol. The van der Waals surface area contributed by atoms with E-state index in [1.807, 2.05) is 0 Å². The van der Waals surface area contributed by atoms with Crippen LogP contribution in [-0.4, -0.2) is 36.5 Å². The van der Waals surface area contributed by atoms with Gasteiger partial charge >= 0.3 is 11.9 Å². The Bertz CT molecular complexity index is 471. The van der Waals surface area contributed by atoms with E-state index in [1.165, 1.54) is 12.5 Å². The Morgan fingerprint density at radius 2 is 2.11 bits per heavy atom. The van der Waals surface area contributed by atoms with Crippen LogP contribution in [0.2, 0.25) is 0 Å². The second-order valence-corrected chi connectivity index (χ2v) is 4.24. The Hall–Kier alpha value is -1.96. The zero-order valence-electron chi connectivity index (χ0n) is 10.6. The Labute approximate surface area is 113 Å². The van der Waals surface area contributed by atoms with Crippen molar-refractivity contribution in [3.63, 3.8) is 0 Å². The van der Waals surface area contributed by atoms with Crippen LogP contribution in [0.4, 0.5) is 5.13 Å². The molecule has 19 heavy (non-hydrogen) atoms. The molecule has 1 heterocycles. The fourth-order valence-corrected chi connectivity index (χ4v) is 1.83. The molecule has 0 atom stereocenters. The first-order chi connectivity index (χ1) is 9.06. The van der Waals surface area contributed by atoms with Crippen molar-refractivity contribution in [2.75, 3.05) is 19.0 Å². The molecule has 0 bridgehead atoms. The van der Waals surface area contributed by atoms with E-state index in [4.69, 9.17) is 4.74 Å². The van der Waals surface area contributed by atoms with Gasteiger partial charge in [-0.15, -0.1) is 11.3 Å². The Balaban J connectivity index is 2.47. The number of anilines is 1. The highest BCUT2D eigenvalue weighted by molar-refractivity contribution is 7.14. The van der Waals surface area contributed by atoms with Crippen molar-refractivity contribution in [2.24, 2.45) is 0 Å². The molecule has 0 aliphatic heterocycles. The number of hydrogen-bond acceptors (Lipinski definition) is 7. The highest BCUT2D eigenvalue weighted by atomic mass is 32.1. The number of nitrogens with zero attached hydrogens (tertiary/aromatic N) is 1. The lowest BCUT2D eigenvalue weighted by Crippen LogP contribution is -2.14. The first-order valence-corrected chi connectivity index (χ1v) is 6.44. The number of methoxy groups -OCH3 is 1. The van der Waals surface area contributed by atoms with E-state index < -0.39 is 11.9 Å². The van der Waals surface area contributed by atoms with Crippen molar-refractivity contribution >= 4 is 34.3 Å². The van der Waals surface area contributed by atoms with Crippen LogP contribution in [0.25, 0.3) is 0 Å². The molecule has 0 radical (unpaired) electrons. The Morgan fingerprint density at radius 1 is 1.37 bits per heavy atom. The van der Waals surface area contributed by atoms with E-state index in [1.54, 1.807) is 6.92 Å². The molecule has 1 amide bonds. The summed E-state index contributed by atoms with van der Waals surface area (Å²) in [6.45, 7) is 1.96. The third-order valence-corrected chi connectivity index (χ3v) is 2.78. The fourth-order valence-electron chi connectivity index (χ4n) is 1.13. The summed E-state index contributed by atoms with van der Waals surface area (Å²) in [5.41, 5.74) is 0.148. The number of nitrogens with one attached hydrogen (secondary N) is 1. The number of rotatable bonds is 6. The first-order valence-electron chi connectivity index (χ1n) is 5.56. The van der Waals surface area contributed by atoms with Gasteiger partial charge in [-0.05, 0) is 6.92 Å². The largest absolute Gasteiger partial charge is 0.469 e. The zero-order valence-corrected chi connectivity index (χ0v) is 11.4. The van der Waals surface area contributed by atoms with E-state index in [2.05, 4.69) is 15.0 Å². The lowest BCUT2D eigenvalue weighted by molar-refractivity contribution is -0.141. The van der Waals surface area contributed by atoms with Crippen molar-refractivity contribution in [1.29, 1.82) is 0 Å². The maximum atomic E-state index is 11.5. The molecule has 7 nitrogen and oxygen atoms in total. The number of carbonyl (C=O) groups is 3. The second-order valence-electron chi connectivity index (χ2n) is 3.38. The lowest BCUT2D eigenvalue weighted by atomic mass is 10.3. The van der Waals surface area contributed by atoms with Gasteiger partial charge in [0, 0.05) is 11.8 Å². The summed E-state index contributed by atoms with van der Waals surface area (Å²) in [5, 5.41) is 4.28. The van der Waals surface area contributed by atoms with Gasteiger partial charge < -0.3 is 14.8 Å². The van der Waals surface area contributed by atoms with Crippen molar-refractivity contribution in [2.45, 2.75) is 19.8 Å². The Kier molecular flexibility index (Phi) is 5.94. The summed E-state index contributed by atoms with van der Waals surface area (Å²) in [7, 11) is 1.26. The van der Waals surface area contributed by atoms with Crippen LogP contribution in [0.15, 0.2) is 5.38 Å². The van der Waals surface area contributed by atoms with Crippen LogP contribution in [0.5, 0.6) is 0 Å². The van der Waals surface area contributed by atoms with Gasteiger partial charge in [-0.3, -0.25) is 9.59 Å². The molecule has 0 spiro atoms. The smallest absolute Gasteiger partial charge is 0.357 e. The van der Waals surface area contributed by atoms with E-state index in [0.29, 0.717) is 0 Å². The molecular weight excluding hydrogens is 272 g/mol. The van der Waals surface area contributed by atoms with Gasteiger partial charge in [0.25, 0.3) is 0 Å². The van der Waals surface area contributed by atoms with Crippen LogP contribution in [0, 0.1) is 0 Å². The van der Waals surface area contributed by atoms with E-state index in [0.717, 1.165) is 11.3 Å². The van der Waals surface area contributed by atoms with Crippen molar-refractivity contribution in [3.05, 3.63) is 11.1 Å². The molecule has 104 valence electrons. The average Bonchev–Trinajstić information content (AvgIpc) is 2.84. The summed E-state index contributed by atoms with van der Waals surface area (Å²) in [6, 6.07) is 0. The Morgan fingerprint density at radius 3 is 2.74 bits per heavy atom. The minimum Gasteiger partial charge on any atom is -0.469 e. The molecule has 0 saturated heterocycles. The SMILES string of the molecule is CCOC(=O)c1csc(NC(=O)CCC(=O)OC)n1. The number of amides is 1. The molecule has 1 rings (SSSR count). The molecule has 1 N–H and O–H groups in total. The van der Waals surface area contributed by atoms with E-state index in [-0.39, 0.29) is 36.2 Å². The highest BCUT2D eigenvalue weighted by Gasteiger charge is 2.13. The maximum Gasteiger partial charge on any atom is 0.357 e. The van der Waals surface area contributed by atoms with Gasteiger partial charge in [-0.25, -0.2) is 9.78 Å². The number of hydrogen-bond donors (Lipinski definition) is 1. The number of aromatic nitrogens is 1. The molecule has 0 unspecified atom stereocenters. The quantitative estimate of drug-likeness (QED) is 0.790. The third-order valence-electron chi connectivity index (χ3n) is 2.02. The molecule has 0 fully saturated rings. The molecule has 0 saturated carbocycles. The van der Waals surface area contributed by atoms with Crippen molar-refractivity contribution in [3.8, 4) is 0 Å². The topological polar surface area (TPSA) is 94.6 Å². The zero-order chi connectivity index (χ0) is 14.3. The first kappa shape index (κ1) is 15.1. The van der Waals surface area contributed by atoms with Crippen LogP contribution in [0.1, 0.15) is 30.3 Å². The summed E-state index contributed by atoms with van der Waals surface area (Å²) >= 11 is 1.11. The monoisotopic (exact) mass is 286 g/mol. The van der Waals surface area contributed by atoms with Crippen LogP contribution in [-0.2, 0) is 19.1 Å². The standard InChI is InChI=1S/C11H14N2O5S/c1-3-18-10(16)7-6-19-11(12-7)13-8(14)4-5-9(15)17-2/h6H,3-5H2,1-2H3,(H,12,13,14). The fraction of sp³-hybridized carbons (Fsp3) is 0.455. The predicted octanol–water partition coefficient (Wildman–Crippen LogP) is 1.21. The number of esters is 2. The van der Waals surface area contributed by atoms with Crippen LogP contribution in [0.3, 0.4) is 0 Å². The van der Waals surface area contributed by atoms with Gasteiger partial charge in [-0.1, -0.05) is 0 Å². The maximum absolute atomic E-state index is 11.5. The molecular formula is C11H14N2O5S. The molecule has 1 aromatic rings. The van der Waals surface area contributed by atoms with E-state index in [9.17, 15) is 14.4 Å². The highest BCUT2D eigenvalue weighted by Crippen LogP contribution is 2.16. The van der Waals surface area contributed by atoms with E-state index >= 15 is 0 Å². The summed E-state index contributed by atoms with van der Waals surface area (Å²) in [4.78, 5) is 37.6. The molecule has 1 aromatic heterocycles.